The van der Waals surface area contributed by atoms with Crippen LogP contribution >= 0.6 is 11.3 Å². The van der Waals surface area contributed by atoms with Crippen LogP contribution in [0.1, 0.15) is 107 Å². The van der Waals surface area contributed by atoms with E-state index in [0.717, 1.165) is 38.6 Å². The predicted molar refractivity (Wildman–Crippen MR) is 195 cm³/mol. The number of piperidine rings is 1. The largest absolute Gasteiger partial charge is 0.481 e. The van der Waals surface area contributed by atoms with Gasteiger partial charge in [-0.1, -0.05) is 34.1 Å². The Morgan fingerprint density at radius 2 is 1.73 bits per heavy atom. The highest BCUT2D eigenvalue weighted by molar-refractivity contribution is 7.09. The van der Waals surface area contributed by atoms with Crippen LogP contribution in [0.4, 0.5) is 0 Å². The molecule has 1 aliphatic carbocycles. The third kappa shape index (κ3) is 11.3. The molecule has 0 radical (unpaired) electrons. The second-order valence-electron chi connectivity index (χ2n) is 14.9. The van der Waals surface area contributed by atoms with Crippen LogP contribution in [0, 0.1) is 23.7 Å². The lowest BCUT2D eigenvalue weighted by atomic mass is 9.91. The predicted octanol–water partition coefficient (Wildman–Crippen LogP) is 3.88. The summed E-state index contributed by atoms with van der Waals surface area (Å²) in [5.41, 5.74) is 0.0957. The second-order valence-corrected chi connectivity index (χ2v) is 15.7. The van der Waals surface area contributed by atoms with Crippen molar-refractivity contribution in [1.82, 2.24) is 35.4 Å². The number of likely N-dealkylation sites (N-methyl/N-ethyl adjacent to an activating group) is 2. The van der Waals surface area contributed by atoms with E-state index in [4.69, 9.17) is 4.74 Å². The molecule has 3 amide bonds. The second kappa shape index (κ2) is 18.7. The summed E-state index contributed by atoms with van der Waals surface area (Å²) < 4.78 is 5.77. The number of hydrogen-bond donors (Lipinski definition) is 3. The Labute approximate surface area is 310 Å². The Morgan fingerprint density at radius 1 is 1.04 bits per heavy atom. The molecule has 0 aromatic carbocycles. The molecule has 15 heteroatoms. The minimum atomic E-state index is -0.982. The number of nitrogens with one attached hydrogen (secondary N) is 2. The number of nitrogens with zero attached hydrogens (tertiary/aromatic N) is 5. The number of carbonyl (C=O) groups is 5. The fourth-order valence-electron chi connectivity index (χ4n) is 7.02. The lowest BCUT2D eigenvalue weighted by Gasteiger charge is -2.38. The highest BCUT2D eigenvalue weighted by atomic mass is 32.1. The molecule has 1 saturated carbocycles. The molecule has 0 unspecified atom stereocenters. The van der Waals surface area contributed by atoms with Gasteiger partial charge in [0.1, 0.15) is 22.6 Å². The summed E-state index contributed by atoms with van der Waals surface area (Å²) in [6, 6.07) is -0.262. The number of hydrogen-bond acceptors (Lipinski definition) is 11. The van der Waals surface area contributed by atoms with Crippen molar-refractivity contribution in [2.45, 2.75) is 116 Å². The summed E-state index contributed by atoms with van der Waals surface area (Å²) in [6.07, 6.45) is 7.74. The van der Waals surface area contributed by atoms with Crippen molar-refractivity contribution in [3.8, 4) is 0 Å². The number of thiazole rings is 1. The minimum absolute atomic E-state index is 0.0410. The van der Waals surface area contributed by atoms with E-state index in [1.54, 1.807) is 42.7 Å². The number of amides is 3. The van der Waals surface area contributed by atoms with Crippen LogP contribution in [0.25, 0.3) is 0 Å². The van der Waals surface area contributed by atoms with Gasteiger partial charge in [0.05, 0.1) is 12.0 Å². The molecule has 286 valence electrons. The molecule has 14 nitrogen and oxygen atoms in total. The van der Waals surface area contributed by atoms with Crippen LogP contribution < -0.4 is 10.6 Å². The average molecular weight is 742 g/mol. The molecule has 0 bridgehead atoms. The van der Waals surface area contributed by atoms with Gasteiger partial charge in [-0.2, -0.15) is 0 Å². The first-order valence-corrected chi connectivity index (χ1v) is 19.2. The molecule has 1 aliphatic heterocycles. The van der Waals surface area contributed by atoms with E-state index in [0.29, 0.717) is 16.7 Å². The SMILES string of the molecule is CC(=O)O[C@H](C[C@H](C(C)C)N(C)C(=O)[C@@H](NC(=O)[C@H]1CCCCN1C)[C@@H](C)C1CC1)c1nc(C(=O)N[C@@H](Cc2ncccn2)C[C@H](C)C(=O)O)cs1. The normalized spacial score (nSPS) is 19.8. The number of likely N-dealkylation sites (tertiary alicyclic amines) is 1. The first kappa shape index (κ1) is 40.8. The Balaban J connectivity index is 1.51. The molecular weight excluding hydrogens is 687 g/mol. The number of esters is 1. The number of aromatic nitrogens is 3. The van der Waals surface area contributed by atoms with Gasteiger partial charge in [0.15, 0.2) is 6.10 Å². The number of aliphatic carboxylic acids is 1. The molecule has 4 rings (SSSR count). The molecule has 7 atom stereocenters. The van der Waals surface area contributed by atoms with Crippen molar-refractivity contribution in [1.29, 1.82) is 0 Å². The number of ether oxygens (including phenoxy) is 1. The van der Waals surface area contributed by atoms with Gasteiger partial charge in [-0.25, -0.2) is 15.0 Å². The summed E-state index contributed by atoms with van der Waals surface area (Å²) in [4.78, 5) is 82.0. The van der Waals surface area contributed by atoms with Crippen LogP contribution in [0.5, 0.6) is 0 Å². The minimum Gasteiger partial charge on any atom is -0.481 e. The molecule has 0 spiro atoms. The summed E-state index contributed by atoms with van der Waals surface area (Å²) in [5.74, 6) is -2.32. The van der Waals surface area contributed by atoms with Crippen LogP contribution in [0.3, 0.4) is 0 Å². The van der Waals surface area contributed by atoms with Crippen molar-refractivity contribution < 1.29 is 33.8 Å². The molecule has 2 aromatic heterocycles. The fourth-order valence-corrected chi connectivity index (χ4v) is 7.86. The van der Waals surface area contributed by atoms with Crippen molar-refractivity contribution in [3.05, 3.63) is 40.4 Å². The van der Waals surface area contributed by atoms with Gasteiger partial charge in [-0.3, -0.25) is 28.9 Å². The number of rotatable bonds is 18. The molecular formula is C37H55N7O7S. The standard InChI is InChI=1S/C37H55N7O7S/c1-21(2)29(44(7)36(48)32(23(4)25-12-13-25)42-34(47)28-11-8-9-16-43(28)6)19-30(51-24(5)45)35-41-27(20-52-35)33(46)40-26(17-22(3)37(49)50)18-31-38-14-10-15-39-31/h10,14-15,20-23,25-26,28-30,32H,8-9,11-13,16-19H2,1-7H3,(H,40,46)(H,42,47)(H,49,50)/t22-,23-,26+,28+,29+,30+,32-/m0/s1. The number of carbonyl (C=O) groups excluding carboxylic acids is 4. The molecule has 2 fully saturated rings. The zero-order valence-electron chi connectivity index (χ0n) is 31.4. The molecule has 1 saturated heterocycles. The van der Waals surface area contributed by atoms with E-state index in [-0.39, 0.29) is 54.6 Å². The van der Waals surface area contributed by atoms with Gasteiger partial charge in [0.25, 0.3) is 5.91 Å². The van der Waals surface area contributed by atoms with Crippen LogP contribution in [-0.2, 0) is 30.3 Å². The summed E-state index contributed by atoms with van der Waals surface area (Å²) in [7, 11) is 3.69. The monoisotopic (exact) mass is 741 g/mol. The third-order valence-corrected chi connectivity index (χ3v) is 11.3. The quantitative estimate of drug-likeness (QED) is 0.189. The Bertz CT molecular complexity index is 1540. The highest BCUT2D eigenvalue weighted by Crippen LogP contribution is 2.39. The zero-order valence-corrected chi connectivity index (χ0v) is 32.2. The van der Waals surface area contributed by atoms with E-state index in [2.05, 4.69) is 30.5 Å². The zero-order chi connectivity index (χ0) is 38.1. The van der Waals surface area contributed by atoms with E-state index in [9.17, 15) is 29.1 Å². The fraction of sp³-hybridized carbons (Fsp3) is 0.676. The average Bonchev–Trinajstić information content (AvgIpc) is 3.83. The van der Waals surface area contributed by atoms with Crippen molar-refractivity contribution in [3.63, 3.8) is 0 Å². The van der Waals surface area contributed by atoms with Crippen LogP contribution in [0.15, 0.2) is 23.8 Å². The topological polar surface area (TPSA) is 184 Å². The van der Waals surface area contributed by atoms with Gasteiger partial charge in [0.2, 0.25) is 11.8 Å². The molecule has 2 aromatic rings. The van der Waals surface area contributed by atoms with E-state index in [1.165, 1.54) is 18.3 Å². The van der Waals surface area contributed by atoms with Gasteiger partial charge in [-0.05, 0) is 69.5 Å². The smallest absolute Gasteiger partial charge is 0.306 e. The Kier molecular flexibility index (Phi) is 14.6. The first-order chi connectivity index (χ1) is 24.7. The third-order valence-electron chi connectivity index (χ3n) is 10.4. The number of carboxylic acids is 1. The summed E-state index contributed by atoms with van der Waals surface area (Å²) in [5, 5.41) is 17.5. The maximum absolute atomic E-state index is 14.3. The maximum Gasteiger partial charge on any atom is 0.306 e. The van der Waals surface area contributed by atoms with Crippen LogP contribution in [0.2, 0.25) is 0 Å². The molecule has 3 heterocycles. The maximum atomic E-state index is 14.3. The van der Waals surface area contributed by atoms with Gasteiger partial charge in [0, 0.05) is 56.7 Å². The van der Waals surface area contributed by atoms with Gasteiger partial charge in [-0.15, -0.1) is 11.3 Å². The lowest BCUT2D eigenvalue weighted by Crippen LogP contribution is -2.58. The van der Waals surface area contributed by atoms with Gasteiger partial charge >= 0.3 is 11.9 Å². The van der Waals surface area contributed by atoms with E-state index in [1.807, 2.05) is 27.8 Å². The lowest BCUT2D eigenvalue weighted by molar-refractivity contribution is -0.149. The van der Waals surface area contributed by atoms with E-state index < -0.39 is 48.0 Å². The number of carboxylic acid groups (broad SMARTS) is 1. The Hall–Kier alpha value is -3.98. The van der Waals surface area contributed by atoms with Crippen LogP contribution in [-0.4, -0.2) is 104 Å². The van der Waals surface area contributed by atoms with Crippen molar-refractivity contribution in [2.75, 3.05) is 20.6 Å². The Morgan fingerprint density at radius 3 is 2.33 bits per heavy atom. The van der Waals surface area contributed by atoms with E-state index >= 15 is 0 Å². The molecule has 3 N–H and O–H groups in total. The van der Waals surface area contributed by atoms with Gasteiger partial charge < -0.3 is 25.4 Å². The van der Waals surface area contributed by atoms with Crippen molar-refractivity contribution >= 4 is 41.0 Å². The summed E-state index contributed by atoms with van der Waals surface area (Å²) >= 11 is 1.17. The first-order valence-electron chi connectivity index (χ1n) is 18.4. The van der Waals surface area contributed by atoms with Crippen molar-refractivity contribution in [2.24, 2.45) is 23.7 Å². The highest BCUT2D eigenvalue weighted by Gasteiger charge is 2.42. The molecule has 2 aliphatic rings. The molecule has 52 heavy (non-hydrogen) atoms. The summed E-state index contributed by atoms with van der Waals surface area (Å²) in [6.45, 7) is 9.73.